The van der Waals surface area contributed by atoms with Gasteiger partial charge in [-0.15, -0.1) is 22.7 Å². The zero-order valence-electron chi connectivity index (χ0n) is 17.4. The van der Waals surface area contributed by atoms with Crippen LogP contribution < -0.4 is 10.6 Å². The standard InChI is InChI=1S/C21H33N5S2/c1-5-22-21(24-13-17-14-28-20(25-17)15(2)3)23-12-16-8-6-10-26(4)19(16)18-9-7-11-27-18/h7,9,11,14-16,19H,5-6,8,10,12-13H2,1-4H3,(H2,22,23,24). The van der Waals surface area contributed by atoms with Gasteiger partial charge >= 0.3 is 0 Å². The van der Waals surface area contributed by atoms with Gasteiger partial charge in [-0.05, 0) is 50.7 Å². The van der Waals surface area contributed by atoms with E-state index in [1.165, 1.54) is 29.3 Å². The fourth-order valence-corrected chi connectivity index (χ4v) is 5.58. The third-order valence-electron chi connectivity index (χ3n) is 5.18. The summed E-state index contributed by atoms with van der Waals surface area (Å²) in [6.07, 6.45) is 2.51. The molecule has 0 spiro atoms. The van der Waals surface area contributed by atoms with Crippen LogP contribution in [0.25, 0.3) is 0 Å². The number of aliphatic imine (C=N–C) groups is 1. The van der Waals surface area contributed by atoms with Gasteiger partial charge in [0.15, 0.2) is 5.96 Å². The van der Waals surface area contributed by atoms with Crippen LogP contribution >= 0.6 is 22.7 Å². The Balaban J connectivity index is 1.62. The highest BCUT2D eigenvalue weighted by molar-refractivity contribution is 7.10. The first kappa shape index (κ1) is 21.3. The Morgan fingerprint density at radius 2 is 2.21 bits per heavy atom. The third-order valence-corrected chi connectivity index (χ3v) is 7.32. The first-order valence-electron chi connectivity index (χ1n) is 10.3. The summed E-state index contributed by atoms with van der Waals surface area (Å²) in [7, 11) is 2.25. The van der Waals surface area contributed by atoms with Gasteiger partial charge in [0.1, 0.15) is 0 Å². The first-order valence-corrected chi connectivity index (χ1v) is 12.0. The molecule has 2 unspecified atom stereocenters. The predicted octanol–water partition coefficient (Wildman–Crippen LogP) is 4.47. The number of thiophene rings is 1. The third kappa shape index (κ3) is 5.55. The molecule has 0 amide bonds. The number of rotatable bonds is 7. The van der Waals surface area contributed by atoms with E-state index in [4.69, 9.17) is 9.98 Å². The monoisotopic (exact) mass is 419 g/mol. The summed E-state index contributed by atoms with van der Waals surface area (Å²) >= 11 is 3.60. The van der Waals surface area contributed by atoms with Crippen LogP contribution in [-0.4, -0.2) is 42.5 Å². The molecule has 5 nitrogen and oxygen atoms in total. The minimum Gasteiger partial charge on any atom is -0.357 e. The first-order chi connectivity index (χ1) is 13.6. The zero-order valence-corrected chi connectivity index (χ0v) is 19.1. The minimum absolute atomic E-state index is 0.478. The second-order valence-corrected chi connectivity index (χ2v) is 9.62. The molecule has 3 rings (SSSR count). The number of thiazole rings is 1. The molecule has 28 heavy (non-hydrogen) atoms. The Kier molecular flexibility index (Phi) is 7.88. The molecule has 3 heterocycles. The van der Waals surface area contributed by atoms with E-state index >= 15 is 0 Å². The Morgan fingerprint density at radius 1 is 1.36 bits per heavy atom. The van der Waals surface area contributed by atoms with Crippen molar-refractivity contribution in [1.29, 1.82) is 0 Å². The van der Waals surface area contributed by atoms with Gasteiger partial charge < -0.3 is 10.6 Å². The molecule has 2 N–H and O–H groups in total. The molecule has 0 aliphatic carbocycles. The van der Waals surface area contributed by atoms with Crippen molar-refractivity contribution in [3.63, 3.8) is 0 Å². The molecule has 0 bridgehead atoms. The molecule has 0 radical (unpaired) electrons. The topological polar surface area (TPSA) is 52.6 Å². The quantitative estimate of drug-likeness (QED) is 0.514. The van der Waals surface area contributed by atoms with Crippen molar-refractivity contribution in [2.24, 2.45) is 10.9 Å². The van der Waals surface area contributed by atoms with Gasteiger partial charge in [-0.1, -0.05) is 19.9 Å². The number of hydrogen-bond donors (Lipinski definition) is 2. The van der Waals surface area contributed by atoms with Gasteiger partial charge in [-0.2, -0.15) is 0 Å². The number of nitrogens with zero attached hydrogens (tertiary/aromatic N) is 3. The molecule has 0 saturated carbocycles. The van der Waals surface area contributed by atoms with Crippen LogP contribution in [0.5, 0.6) is 0 Å². The molecule has 1 fully saturated rings. The van der Waals surface area contributed by atoms with E-state index in [2.05, 4.69) is 66.2 Å². The second kappa shape index (κ2) is 10.4. The maximum Gasteiger partial charge on any atom is 0.191 e. The fourth-order valence-electron chi connectivity index (χ4n) is 3.77. The fraction of sp³-hybridized carbons (Fsp3) is 0.619. The highest BCUT2D eigenvalue weighted by Crippen LogP contribution is 2.36. The van der Waals surface area contributed by atoms with Crippen molar-refractivity contribution in [2.45, 2.75) is 52.1 Å². The van der Waals surface area contributed by atoms with E-state index in [1.807, 2.05) is 11.3 Å². The molecule has 0 aromatic carbocycles. The Labute approximate surface area is 177 Å². The molecule has 1 aliphatic heterocycles. The predicted molar refractivity (Wildman–Crippen MR) is 121 cm³/mol. The zero-order chi connectivity index (χ0) is 19.9. The van der Waals surface area contributed by atoms with Gasteiger partial charge in [0.2, 0.25) is 0 Å². The molecule has 154 valence electrons. The maximum atomic E-state index is 4.78. The average Bonchev–Trinajstić information content (AvgIpc) is 3.36. The van der Waals surface area contributed by atoms with Crippen LogP contribution in [0.3, 0.4) is 0 Å². The van der Waals surface area contributed by atoms with Crippen molar-refractivity contribution in [3.05, 3.63) is 38.5 Å². The van der Waals surface area contributed by atoms with E-state index in [9.17, 15) is 0 Å². The SMILES string of the molecule is CCNC(=NCc1csc(C(C)C)n1)NCC1CCCN(C)C1c1cccs1. The normalized spacial score (nSPS) is 21.2. The van der Waals surface area contributed by atoms with Crippen molar-refractivity contribution < 1.29 is 0 Å². The summed E-state index contributed by atoms with van der Waals surface area (Å²) in [4.78, 5) is 13.5. The summed E-state index contributed by atoms with van der Waals surface area (Å²) in [5.41, 5.74) is 1.06. The van der Waals surface area contributed by atoms with Crippen molar-refractivity contribution in [3.8, 4) is 0 Å². The van der Waals surface area contributed by atoms with Crippen LogP contribution in [0.2, 0.25) is 0 Å². The van der Waals surface area contributed by atoms with Crippen LogP contribution in [-0.2, 0) is 6.54 Å². The van der Waals surface area contributed by atoms with E-state index in [-0.39, 0.29) is 0 Å². The van der Waals surface area contributed by atoms with Gasteiger partial charge in [0, 0.05) is 35.3 Å². The number of piperidine rings is 1. The number of guanidine groups is 1. The lowest BCUT2D eigenvalue weighted by molar-refractivity contribution is 0.125. The minimum atomic E-state index is 0.478. The highest BCUT2D eigenvalue weighted by Gasteiger charge is 2.31. The van der Waals surface area contributed by atoms with E-state index in [0.717, 1.165) is 24.7 Å². The van der Waals surface area contributed by atoms with Gasteiger partial charge in [-0.3, -0.25) is 4.90 Å². The van der Waals surface area contributed by atoms with Gasteiger partial charge in [0.05, 0.1) is 17.2 Å². The van der Waals surface area contributed by atoms with Crippen LogP contribution in [0.1, 0.15) is 61.2 Å². The lowest BCUT2D eigenvalue weighted by Crippen LogP contribution is -2.44. The second-order valence-electron chi connectivity index (χ2n) is 7.75. The molecule has 1 aliphatic rings. The van der Waals surface area contributed by atoms with Gasteiger partial charge in [0.25, 0.3) is 0 Å². The van der Waals surface area contributed by atoms with E-state index in [1.54, 1.807) is 11.3 Å². The van der Waals surface area contributed by atoms with E-state index in [0.29, 0.717) is 24.4 Å². The van der Waals surface area contributed by atoms with Crippen LogP contribution in [0, 0.1) is 5.92 Å². The number of aromatic nitrogens is 1. The molecule has 2 aromatic rings. The summed E-state index contributed by atoms with van der Waals surface area (Å²) in [6, 6.07) is 4.94. The molecule has 1 saturated heterocycles. The Bertz CT molecular complexity index is 738. The molecule has 2 aromatic heterocycles. The van der Waals surface area contributed by atoms with Crippen LogP contribution in [0.15, 0.2) is 27.9 Å². The van der Waals surface area contributed by atoms with Crippen molar-refractivity contribution in [1.82, 2.24) is 20.5 Å². The summed E-state index contributed by atoms with van der Waals surface area (Å²) in [5.74, 6) is 1.96. The molecule has 7 heteroatoms. The van der Waals surface area contributed by atoms with Gasteiger partial charge in [-0.25, -0.2) is 9.98 Å². The number of hydrogen-bond acceptors (Lipinski definition) is 5. The summed E-state index contributed by atoms with van der Waals surface area (Å²) in [6.45, 7) is 10.1. The molecule has 2 atom stereocenters. The number of nitrogens with one attached hydrogen (secondary N) is 2. The lowest BCUT2D eigenvalue weighted by Gasteiger charge is -2.39. The molecular weight excluding hydrogens is 386 g/mol. The number of likely N-dealkylation sites (tertiary alicyclic amines) is 1. The van der Waals surface area contributed by atoms with Crippen molar-refractivity contribution >= 4 is 28.6 Å². The highest BCUT2D eigenvalue weighted by atomic mass is 32.1. The lowest BCUT2D eigenvalue weighted by atomic mass is 9.88. The molecular formula is C21H33N5S2. The summed E-state index contributed by atoms with van der Waals surface area (Å²) < 4.78 is 0. The van der Waals surface area contributed by atoms with Crippen molar-refractivity contribution in [2.75, 3.05) is 26.7 Å². The Morgan fingerprint density at radius 3 is 2.89 bits per heavy atom. The largest absolute Gasteiger partial charge is 0.357 e. The average molecular weight is 420 g/mol. The smallest absolute Gasteiger partial charge is 0.191 e. The maximum absolute atomic E-state index is 4.78. The Hall–Kier alpha value is -1.44. The van der Waals surface area contributed by atoms with E-state index < -0.39 is 0 Å². The summed E-state index contributed by atoms with van der Waals surface area (Å²) in [5, 5.41) is 12.5. The van der Waals surface area contributed by atoms with Crippen LogP contribution in [0.4, 0.5) is 0 Å².